The van der Waals surface area contributed by atoms with Gasteiger partial charge in [-0.25, -0.2) is 0 Å². The van der Waals surface area contributed by atoms with E-state index in [1.165, 1.54) is 11.3 Å². The van der Waals surface area contributed by atoms with E-state index in [1.54, 1.807) is 0 Å². The van der Waals surface area contributed by atoms with E-state index < -0.39 is 0 Å². The molecule has 1 N–H and O–H groups in total. The van der Waals surface area contributed by atoms with Gasteiger partial charge in [0.25, 0.3) is 0 Å². The summed E-state index contributed by atoms with van der Waals surface area (Å²) >= 11 is 6.35. The van der Waals surface area contributed by atoms with Gasteiger partial charge in [-0.05, 0) is 31.9 Å². The lowest BCUT2D eigenvalue weighted by molar-refractivity contribution is 0.00137. The van der Waals surface area contributed by atoms with Gasteiger partial charge < -0.3 is 14.8 Å². The number of hydrogen-bond acceptors (Lipinski definition) is 5. The fraction of sp³-hybridized carbons (Fsp3) is 0.609. The second-order valence-corrected chi connectivity index (χ2v) is 8.78. The summed E-state index contributed by atoms with van der Waals surface area (Å²) in [7, 11) is 0. The van der Waals surface area contributed by atoms with Gasteiger partial charge in [-0.2, -0.15) is 5.10 Å². The number of rotatable bonds is 8. The van der Waals surface area contributed by atoms with Crippen LogP contribution in [0.25, 0.3) is 0 Å². The number of nitrogens with one attached hydrogen (secondary N) is 1. The fourth-order valence-electron chi connectivity index (χ4n) is 4.64. The molecule has 0 bridgehead atoms. The molecule has 2 aliphatic heterocycles. The van der Waals surface area contributed by atoms with Gasteiger partial charge in [0, 0.05) is 61.0 Å². The van der Waals surface area contributed by atoms with Gasteiger partial charge in [-0.1, -0.05) is 29.8 Å². The standard InChI is InChI=1S/C23H33ClN4O2/c1-17-21(18(2)28(26-17)15-19-5-3-4-6-22(19)24)13-25-14-23(20-7-10-30-16-20)27-8-11-29-12-9-27/h3-6,20,23,25H,7-16H2,1-2H3/t20-,23+/m1/s1. The minimum absolute atomic E-state index is 0.496. The molecule has 7 heteroatoms. The number of aryl methyl sites for hydroxylation is 1. The van der Waals surface area contributed by atoms with Crippen LogP contribution < -0.4 is 5.32 Å². The zero-order valence-corrected chi connectivity index (χ0v) is 18.8. The van der Waals surface area contributed by atoms with Crippen molar-refractivity contribution in [1.29, 1.82) is 0 Å². The molecule has 3 heterocycles. The van der Waals surface area contributed by atoms with Crippen molar-refractivity contribution in [3.63, 3.8) is 0 Å². The summed E-state index contributed by atoms with van der Waals surface area (Å²) in [5.41, 5.74) is 4.66. The third-order valence-electron chi connectivity index (χ3n) is 6.49. The highest BCUT2D eigenvalue weighted by Gasteiger charge is 2.31. The van der Waals surface area contributed by atoms with E-state index in [0.717, 1.165) is 75.3 Å². The first-order chi connectivity index (χ1) is 14.6. The van der Waals surface area contributed by atoms with Crippen LogP contribution in [0.1, 0.15) is 28.9 Å². The van der Waals surface area contributed by atoms with Crippen LogP contribution in [0.4, 0.5) is 0 Å². The van der Waals surface area contributed by atoms with E-state index in [1.807, 2.05) is 18.2 Å². The Morgan fingerprint density at radius 1 is 1.17 bits per heavy atom. The predicted molar refractivity (Wildman–Crippen MR) is 119 cm³/mol. The molecule has 30 heavy (non-hydrogen) atoms. The van der Waals surface area contributed by atoms with Crippen molar-refractivity contribution in [2.24, 2.45) is 5.92 Å². The molecule has 2 atom stereocenters. The van der Waals surface area contributed by atoms with Crippen molar-refractivity contribution in [3.8, 4) is 0 Å². The Hall–Kier alpha value is -1.44. The van der Waals surface area contributed by atoms with Gasteiger partial charge in [0.1, 0.15) is 0 Å². The first-order valence-corrected chi connectivity index (χ1v) is 11.4. The summed E-state index contributed by atoms with van der Waals surface area (Å²) in [6.45, 7) is 12.2. The topological polar surface area (TPSA) is 51.5 Å². The summed E-state index contributed by atoms with van der Waals surface area (Å²) in [6.07, 6.45) is 1.15. The van der Waals surface area contributed by atoms with Crippen LogP contribution in [0.5, 0.6) is 0 Å². The lowest BCUT2D eigenvalue weighted by atomic mass is 9.96. The molecule has 0 saturated carbocycles. The number of nitrogens with zero attached hydrogens (tertiary/aromatic N) is 3. The van der Waals surface area contributed by atoms with Gasteiger partial charge in [-0.15, -0.1) is 0 Å². The molecule has 0 unspecified atom stereocenters. The molecule has 2 aromatic rings. The third kappa shape index (κ3) is 5.06. The van der Waals surface area contributed by atoms with Crippen LogP contribution in [0.2, 0.25) is 5.02 Å². The minimum atomic E-state index is 0.496. The van der Waals surface area contributed by atoms with E-state index in [2.05, 4.69) is 34.8 Å². The second-order valence-electron chi connectivity index (χ2n) is 8.37. The van der Waals surface area contributed by atoms with Gasteiger partial charge in [-0.3, -0.25) is 9.58 Å². The smallest absolute Gasteiger partial charge is 0.0677 e. The maximum Gasteiger partial charge on any atom is 0.0677 e. The molecule has 0 amide bonds. The number of aromatic nitrogens is 2. The van der Waals surface area contributed by atoms with Crippen molar-refractivity contribution >= 4 is 11.6 Å². The van der Waals surface area contributed by atoms with Crippen LogP contribution >= 0.6 is 11.6 Å². The van der Waals surface area contributed by atoms with Gasteiger partial charge >= 0.3 is 0 Å². The van der Waals surface area contributed by atoms with E-state index in [-0.39, 0.29) is 0 Å². The molecule has 0 aliphatic carbocycles. The monoisotopic (exact) mass is 432 g/mol. The van der Waals surface area contributed by atoms with Crippen molar-refractivity contribution in [2.75, 3.05) is 46.1 Å². The third-order valence-corrected chi connectivity index (χ3v) is 6.86. The number of ether oxygens (including phenoxy) is 2. The summed E-state index contributed by atoms with van der Waals surface area (Å²) < 4.78 is 13.3. The Morgan fingerprint density at radius 2 is 1.97 bits per heavy atom. The molecule has 1 aromatic carbocycles. The largest absolute Gasteiger partial charge is 0.381 e. The van der Waals surface area contributed by atoms with E-state index >= 15 is 0 Å². The number of benzene rings is 1. The Bertz CT molecular complexity index is 829. The molecule has 1 aromatic heterocycles. The van der Waals surface area contributed by atoms with Crippen LogP contribution in [-0.4, -0.2) is 66.8 Å². The molecule has 2 fully saturated rings. The Kier molecular flexibility index (Phi) is 7.44. The molecule has 2 saturated heterocycles. The maximum atomic E-state index is 6.35. The molecule has 0 radical (unpaired) electrons. The van der Waals surface area contributed by atoms with Gasteiger partial charge in [0.05, 0.1) is 32.1 Å². The average molecular weight is 433 g/mol. The fourth-order valence-corrected chi connectivity index (χ4v) is 4.83. The lowest BCUT2D eigenvalue weighted by Crippen LogP contribution is -2.51. The molecule has 2 aliphatic rings. The highest BCUT2D eigenvalue weighted by Crippen LogP contribution is 2.23. The Labute approximate surface area is 184 Å². The summed E-state index contributed by atoms with van der Waals surface area (Å²) in [5.74, 6) is 0.598. The quantitative estimate of drug-likeness (QED) is 0.694. The van der Waals surface area contributed by atoms with Crippen molar-refractivity contribution in [2.45, 2.75) is 39.4 Å². The average Bonchev–Trinajstić information content (AvgIpc) is 3.37. The van der Waals surface area contributed by atoms with E-state index in [0.29, 0.717) is 18.5 Å². The molecule has 6 nitrogen and oxygen atoms in total. The maximum absolute atomic E-state index is 6.35. The second kappa shape index (κ2) is 10.2. The van der Waals surface area contributed by atoms with Gasteiger partial charge in [0.2, 0.25) is 0 Å². The molecule has 164 valence electrons. The summed E-state index contributed by atoms with van der Waals surface area (Å²) in [5, 5.41) is 9.30. The molecule has 0 spiro atoms. The van der Waals surface area contributed by atoms with E-state index in [4.69, 9.17) is 26.2 Å². The molecule has 4 rings (SSSR count). The zero-order valence-electron chi connectivity index (χ0n) is 18.1. The number of hydrogen-bond donors (Lipinski definition) is 1. The lowest BCUT2D eigenvalue weighted by Gasteiger charge is -2.37. The Balaban J connectivity index is 1.40. The first-order valence-electron chi connectivity index (χ1n) is 11.0. The van der Waals surface area contributed by atoms with Crippen LogP contribution in [0.15, 0.2) is 24.3 Å². The van der Waals surface area contributed by atoms with Crippen LogP contribution in [-0.2, 0) is 22.6 Å². The summed E-state index contributed by atoms with van der Waals surface area (Å²) in [4.78, 5) is 2.58. The zero-order chi connectivity index (χ0) is 20.9. The SMILES string of the molecule is Cc1nn(Cc2ccccc2Cl)c(C)c1CNC[C@@H]([C@@H]1CCOC1)N1CCOCC1. The van der Waals surface area contributed by atoms with Crippen LogP contribution in [0, 0.1) is 19.8 Å². The normalized spacial score (nSPS) is 21.2. The van der Waals surface area contributed by atoms with Crippen molar-refractivity contribution in [3.05, 3.63) is 51.8 Å². The highest BCUT2D eigenvalue weighted by atomic mass is 35.5. The summed E-state index contributed by atoms with van der Waals surface area (Å²) in [6, 6.07) is 8.48. The minimum Gasteiger partial charge on any atom is -0.381 e. The number of halogens is 1. The van der Waals surface area contributed by atoms with Crippen molar-refractivity contribution < 1.29 is 9.47 Å². The predicted octanol–water partition coefficient (Wildman–Crippen LogP) is 3.03. The van der Waals surface area contributed by atoms with Crippen molar-refractivity contribution in [1.82, 2.24) is 20.0 Å². The molecular formula is C23H33ClN4O2. The van der Waals surface area contributed by atoms with Crippen LogP contribution in [0.3, 0.4) is 0 Å². The van der Waals surface area contributed by atoms with E-state index in [9.17, 15) is 0 Å². The Morgan fingerprint density at radius 3 is 2.70 bits per heavy atom. The highest BCUT2D eigenvalue weighted by molar-refractivity contribution is 6.31. The van der Waals surface area contributed by atoms with Gasteiger partial charge in [0.15, 0.2) is 0 Å². The first kappa shape index (κ1) is 21.8. The number of morpholine rings is 1. The molecular weight excluding hydrogens is 400 g/mol.